The number of benzene rings is 2. The van der Waals surface area contributed by atoms with Gasteiger partial charge in [-0.25, -0.2) is 0 Å². The van der Waals surface area contributed by atoms with Gasteiger partial charge in [0, 0.05) is 37.4 Å². The van der Waals surface area contributed by atoms with E-state index in [0.717, 1.165) is 11.1 Å². The average molecular weight is 432 g/mol. The molecule has 0 heterocycles. The van der Waals surface area contributed by atoms with Crippen molar-refractivity contribution in [2.45, 2.75) is 51.2 Å². The molecule has 0 aliphatic heterocycles. The van der Waals surface area contributed by atoms with Crippen LogP contribution in [0.4, 0.5) is 0 Å². The molecule has 0 fully saturated rings. The summed E-state index contributed by atoms with van der Waals surface area (Å²) in [6.45, 7) is 1.05. The molecule has 2 rings (SSSR count). The van der Waals surface area contributed by atoms with Crippen molar-refractivity contribution in [1.29, 1.82) is 0 Å². The third-order valence-electron chi connectivity index (χ3n) is 5.03. The highest BCUT2D eigenvalue weighted by atomic mass is 16.2. The van der Waals surface area contributed by atoms with Crippen molar-refractivity contribution in [2.24, 2.45) is 5.11 Å². The summed E-state index contributed by atoms with van der Waals surface area (Å²) < 4.78 is 0. The number of rotatable bonds is 13. The molecule has 0 aliphatic carbocycles. The summed E-state index contributed by atoms with van der Waals surface area (Å²) in [4.78, 5) is 30.7. The SMILES string of the molecule is C#CCCC(C(=O)NCc1ccccc1)N(Cc1ccccc1)C(=O)CCCCN=[N+]=[N-]. The second-order valence-corrected chi connectivity index (χ2v) is 7.38. The first-order valence-electron chi connectivity index (χ1n) is 10.7. The molecule has 0 radical (unpaired) electrons. The van der Waals surface area contributed by atoms with Gasteiger partial charge < -0.3 is 10.2 Å². The van der Waals surface area contributed by atoms with Gasteiger partial charge in [0.25, 0.3) is 0 Å². The summed E-state index contributed by atoms with van der Waals surface area (Å²) in [6, 6.07) is 18.5. The number of terminal acetylenes is 1. The van der Waals surface area contributed by atoms with Crippen LogP contribution in [0.25, 0.3) is 10.4 Å². The van der Waals surface area contributed by atoms with Gasteiger partial charge in [0.2, 0.25) is 11.8 Å². The molecule has 0 saturated carbocycles. The van der Waals surface area contributed by atoms with E-state index < -0.39 is 6.04 Å². The highest BCUT2D eigenvalue weighted by Gasteiger charge is 2.29. The number of hydrogen-bond donors (Lipinski definition) is 1. The minimum absolute atomic E-state index is 0.119. The van der Waals surface area contributed by atoms with Crippen LogP contribution in [0.3, 0.4) is 0 Å². The Morgan fingerprint density at radius 3 is 2.34 bits per heavy atom. The van der Waals surface area contributed by atoms with E-state index in [1.54, 1.807) is 4.90 Å². The monoisotopic (exact) mass is 431 g/mol. The van der Waals surface area contributed by atoms with Crippen molar-refractivity contribution in [2.75, 3.05) is 6.54 Å². The lowest BCUT2D eigenvalue weighted by molar-refractivity contribution is -0.141. The van der Waals surface area contributed by atoms with Gasteiger partial charge in [-0.15, -0.1) is 12.3 Å². The van der Waals surface area contributed by atoms with Gasteiger partial charge in [-0.3, -0.25) is 9.59 Å². The first-order chi connectivity index (χ1) is 15.7. The zero-order chi connectivity index (χ0) is 23.0. The Balaban J connectivity index is 2.16. The molecule has 166 valence electrons. The zero-order valence-electron chi connectivity index (χ0n) is 18.2. The Bertz CT molecular complexity index is 934. The second kappa shape index (κ2) is 14.3. The smallest absolute Gasteiger partial charge is 0.243 e. The Labute approximate surface area is 189 Å². The summed E-state index contributed by atoms with van der Waals surface area (Å²) in [5, 5.41) is 6.46. The van der Waals surface area contributed by atoms with E-state index in [-0.39, 0.29) is 18.2 Å². The minimum Gasteiger partial charge on any atom is -0.350 e. The standard InChI is InChI=1S/C25H29N5O2/c1-2-3-16-23(25(32)27-19-21-12-6-4-7-13-21)30(20-22-14-8-5-9-15-22)24(31)17-10-11-18-28-29-26/h1,4-9,12-15,23H,3,10-11,16-20H2,(H,27,32). The zero-order valence-corrected chi connectivity index (χ0v) is 18.2. The highest BCUT2D eigenvalue weighted by Crippen LogP contribution is 2.16. The molecule has 7 heteroatoms. The average Bonchev–Trinajstić information content (AvgIpc) is 2.83. The van der Waals surface area contributed by atoms with Crippen LogP contribution in [-0.2, 0) is 22.7 Å². The van der Waals surface area contributed by atoms with E-state index >= 15 is 0 Å². The molecular weight excluding hydrogens is 402 g/mol. The number of amides is 2. The van der Waals surface area contributed by atoms with E-state index in [1.807, 2.05) is 60.7 Å². The van der Waals surface area contributed by atoms with Crippen LogP contribution < -0.4 is 5.32 Å². The number of azide groups is 1. The summed E-state index contributed by atoms with van der Waals surface area (Å²) in [5.41, 5.74) is 10.3. The molecule has 0 bridgehead atoms. The van der Waals surface area contributed by atoms with Crippen LogP contribution >= 0.6 is 0 Å². The van der Waals surface area contributed by atoms with E-state index in [1.165, 1.54) is 0 Å². The quantitative estimate of drug-likeness (QED) is 0.165. The Hall–Kier alpha value is -3.75. The van der Waals surface area contributed by atoms with Gasteiger partial charge >= 0.3 is 0 Å². The molecule has 0 saturated heterocycles. The fourth-order valence-corrected chi connectivity index (χ4v) is 3.35. The number of unbranched alkanes of at least 4 members (excludes halogenated alkanes) is 1. The van der Waals surface area contributed by atoms with Crippen LogP contribution in [0, 0.1) is 12.3 Å². The van der Waals surface area contributed by atoms with E-state index in [4.69, 9.17) is 12.0 Å². The number of nitrogens with one attached hydrogen (secondary N) is 1. The first kappa shape index (κ1) is 24.5. The summed E-state index contributed by atoms with van der Waals surface area (Å²) in [6.07, 6.45) is 7.71. The van der Waals surface area contributed by atoms with Gasteiger partial charge in [-0.05, 0) is 35.9 Å². The fraction of sp³-hybridized carbons (Fsp3) is 0.360. The molecule has 32 heavy (non-hydrogen) atoms. The maximum absolute atomic E-state index is 13.2. The van der Waals surface area contributed by atoms with Gasteiger partial charge in [0.15, 0.2) is 0 Å². The lowest BCUT2D eigenvalue weighted by Crippen LogP contribution is -2.49. The van der Waals surface area contributed by atoms with Crippen LogP contribution in [-0.4, -0.2) is 29.3 Å². The largest absolute Gasteiger partial charge is 0.350 e. The number of carbonyl (C=O) groups is 2. The molecule has 1 N–H and O–H groups in total. The Kier molecular flexibility index (Phi) is 10.9. The van der Waals surface area contributed by atoms with Gasteiger partial charge in [0.05, 0.1) is 0 Å². The molecule has 2 aromatic carbocycles. The normalized spacial score (nSPS) is 11.0. The van der Waals surface area contributed by atoms with E-state index in [0.29, 0.717) is 45.3 Å². The fourth-order valence-electron chi connectivity index (χ4n) is 3.35. The maximum atomic E-state index is 13.2. The molecule has 2 amide bonds. The molecule has 0 aliphatic rings. The van der Waals surface area contributed by atoms with Crippen molar-refractivity contribution >= 4 is 11.8 Å². The molecule has 0 aromatic heterocycles. The van der Waals surface area contributed by atoms with Crippen molar-refractivity contribution in [3.05, 3.63) is 82.2 Å². The number of nitrogens with zero attached hydrogens (tertiary/aromatic N) is 4. The molecule has 0 spiro atoms. The highest BCUT2D eigenvalue weighted by molar-refractivity contribution is 5.87. The predicted octanol–water partition coefficient (Wildman–Crippen LogP) is 4.59. The van der Waals surface area contributed by atoms with Crippen LogP contribution in [0.1, 0.15) is 43.2 Å². The topological polar surface area (TPSA) is 98.2 Å². The second-order valence-electron chi connectivity index (χ2n) is 7.38. The third-order valence-corrected chi connectivity index (χ3v) is 5.03. The van der Waals surface area contributed by atoms with Crippen molar-refractivity contribution in [1.82, 2.24) is 10.2 Å². The van der Waals surface area contributed by atoms with Crippen LogP contribution in [0.2, 0.25) is 0 Å². The molecular formula is C25H29N5O2. The van der Waals surface area contributed by atoms with Gasteiger partial charge in [-0.1, -0.05) is 65.8 Å². The van der Waals surface area contributed by atoms with E-state index in [2.05, 4.69) is 21.3 Å². The first-order valence-corrected chi connectivity index (χ1v) is 10.7. The lowest BCUT2D eigenvalue weighted by atomic mass is 10.1. The maximum Gasteiger partial charge on any atom is 0.243 e. The van der Waals surface area contributed by atoms with E-state index in [9.17, 15) is 9.59 Å². The van der Waals surface area contributed by atoms with Crippen molar-refractivity contribution in [3.63, 3.8) is 0 Å². The number of carbonyl (C=O) groups excluding carboxylic acids is 2. The Morgan fingerprint density at radius 1 is 1.06 bits per heavy atom. The lowest BCUT2D eigenvalue weighted by Gasteiger charge is -2.31. The third kappa shape index (κ3) is 8.55. The van der Waals surface area contributed by atoms with Crippen LogP contribution in [0.5, 0.6) is 0 Å². The van der Waals surface area contributed by atoms with Crippen molar-refractivity contribution < 1.29 is 9.59 Å². The Morgan fingerprint density at radius 2 is 1.72 bits per heavy atom. The minimum atomic E-state index is -0.667. The van der Waals surface area contributed by atoms with Gasteiger partial charge in [-0.2, -0.15) is 0 Å². The van der Waals surface area contributed by atoms with Gasteiger partial charge in [0.1, 0.15) is 6.04 Å². The summed E-state index contributed by atoms with van der Waals surface area (Å²) in [5.74, 6) is 2.25. The summed E-state index contributed by atoms with van der Waals surface area (Å²) in [7, 11) is 0. The number of hydrogen-bond acceptors (Lipinski definition) is 3. The summed E-state index contributed by atoms with van der Waals surface area (Å²) >= 11 is 0. The molecule has 2 aromatic rings. The van der Waals surface area contributed by atoms with Crippen LogP contribution in [0.15, 0.2) is 65.8 Å². The molecule has 1 unspecified atom stereocenters. The molecule has 7 nitrogen and oxygen atoms in total. The predicted molar refractivity (Wildman–Crippen MR) is 125 cm³/mol. The molecule has 1 atom stereocenters. The van der Waals surface area contributed by atoms with Crippen molar-refractivity contribution in [3.8, 4) is 12.3 Å².